The zero-order chi connectivity index (χ0) is 9.84. The van der Waals surface area contributed by atoms with Gasteiger partial charge in [0.2, 0.25) is 5.71 Å². The van der Waals surface area contributed by atoms with Crippen molar-refractivity contribution in [1.29, 1.82) is 0 Å². The molecule has 70 valence electrons. The minimum atomic E-state index is -1.27. The number of aromatic nitrogens is 1. The summed E-state index contributed by atoms with van der Waals surface area (Å²) in [6, 6.07) is -0.125. The van der Waals surface area contributed by atoms with Gasteiger partial charge in [-0.2, -0.15) is 4.98 Å². The first-order valence-corrected chi connectivity index (χ1v) is 3.21. The number of carboxylic acid groups (broad SMARTS) is 1. The molecule has 7 nitrogen and oxygen atoms in total. The molecule has 7 heteroatoms. The molecule has 0 saturated carbocycles. The van der Waals surface area contributed by atoms with E-state index in [9.17, 15) is 4.79 Å². The first-order valence-electron chi connectivity index (χ1n) is 3.21. The number of oxazole rings is 1. The highest BCUT2D eigenvalue weighted by atomic mass is 16.6. The molecule has 0 aliphatic carbocycles. The van der Waals surface area contributed by atoms with Gasteiger partial charge in [0.1, 0.15) is 19.1 Å². The van der Waals surface area contributed by atoms with Crippen LogP contribution in [-0.2, 0) is 9.63 Å². The molecule has 0 aromatic carbocycles. The van der Waals surface area contributed by atoms with Gasteiger partial charge >= 0.3 is 5.97 Å². The molecule has 0 saturated heterocycles. The Kier molecular flexibility index (Phi) is 2.48. The van der Waals surface area contributed by atoms with Crippen molar-refractivity contribution in [1.82, 2.24) is 4.98 Å². The number of hydrogen-bond acceptors (Lipinski definition) is 6. The lowest BCUT2D eigenvalue weighted by Crippen LogP contribution is -2.15. The fourth-order valence-corrected chi connectivity index (χ4v) is 0.683. The lowest BCUT2D eigenvalue weighted by atomic mass is 10.3. The predicted octanol–water partition coefficient (Wildman–Crippen LogP) is -0.308. The van der Waals surface area contributed by atoms with Crippen LogP contribution in [0.2, 0.25) is 0 Å². The largest absolute Gasteiger partial charge is 0.476 e. The smallest absolute Gasteiger partial charge is 0.360 e. The first kappa shape index (κ1) is 9.04. The van der Waals surface area contributed by atoms with Crippen molar-refractivity contribution in [3.8, 4) is 0 Å². The summed E-state index contributed by atoms with van der Waals surface area (Å²) in [5.74, 6) is -1.27. The van der Waals surface area contributed by atoms with Crippen LogP contribution in [0, 0.1) is 0 Å². The summed E-state index contributed by atoms with van der Waals surface area (Å²) >= 11 is 0. The average Bonchev–Trinajstić information content (AvgIpc) is 2.46. The third kappa shape index (κ3) is 1.95. The number of nitrogen functional groups attached to an aromatic ring is 1. The highest BCUT2D eigenvalue weighted by molar-refractivity contribution is 6.41. The van der Waals surface area contributed by atoms with E-state index in [1.807, 2.05) is 0 Å². The Morgan fingerprint density at radius 3 is 2.92 bits per heavy atom. The van der Waals surface area contributed by atoms with Gasteiger partial charge < -0.3 is 20.1 Å². The maximum atomic E-state index is 10.6. The van der Waals surface area contributed by atoms with Crippen molar-refractivity contribution in [3.05, 3.63) is 12.0 Å². The third-order valence-electron chi connectivity index (χ3n) is 1.15. The number of carboxylic acids is 1. The number of rotatable bonds is 3. The molecule has 0 aliphatic heterocycles. The van der Waals surface area contributed by atoms with E-state index in [2.05, 4.69) is 19.4 Å². The van der Waals surface area contributed by atoms with E-state index < -0.39 is 5.97 Å². The van der Waals surface area contributed by atoms with Crippen molar-refractivity contribution >= 4 is 17.7 Å². The zero-order valence-electron chi connectivity index (χ0n) is 6.72. The minimum absolute atomic E-state index is 0.0202. The number of aliphatic carboxylic acids is 1. The number of hydrogen-bond donors (Lipinski definition) is 2. The van der Waals surface area contributed by atoms with Crippen LogP contribution in [-0.4, -0.2) is 28.9 Å². The highest BCUT2D eigenvalue weighted by Gasteiger charge is 2.17. The number of nitrogens with zero attached hydrogens (tertiary/aromatic N) is 2. The summed E-state index contributed by atoms with van der Waals surface area (Å²) in [6.07, 6.45) is 1.08. The van der Waals surface area contributed by atoms with Crippen LogP contribution in [0.3, 0.4) is 0 Å². The third-order valence-corrected chi connectivity index (χ3v) is 1.15. The number of nitrogens with two attached hydrogens (primary N) is 1. The molecular formula is C6H7N3O4. The van der Waals surface area contributed by atoms with Gasteiger partial charge in [0.15, 0.2) is 0 Å². The van der Waals surface area contributed by atoms with E-state index in [0.29, 0.717) is 0 Å². The second-order valence-corrected chi connectivity index (χ2v) is 2.00. The Morgan fingerprint density at radius 2 is 2.54 bits per heavy atom. The molecular weight excluding hydrogens is 178 g/mol. The van der Waals surface area contributed by atoms with Gasteiger partial charge in [-0.05, 0) is 0 Å². The van der Waals surface area contributed by atoms with E-state index >= 15 is 0 Å². The molecule has 0 radical (unpaired) electrons. The number of oxime groups is 1. The summed E-state index contributed by atoms with van der Waals surface area (Å²) in [5.41, 5.74) is 4.81. The van der Waals surface area contributed by atoms with E-state index in [1.165, 1.54) is 7.11 Å². The summed E-state index contributed by atoms with van der Waals surface area (Å²) in [7, 11) is 1.23. The quantitative estimate of drug-likeness (QED) is 0.493. The van der Waals surface area contributed by atoms with Crippen molar-refractivity contribution < 1.29 is 19.2 Å². The van der Waals surface area contributed by atoms with Crippen LogP contribution in [0.4, 0.5) is 6.01 Å². The molecule has 0 atom stereocenters. The maximum Gasteiger partial charge on any atom is 0.360 e. The van der Waals surface area contributed by atoms with Crippen molar-refractivity contribution in [2.75, 3.05) is 12.8 Å². The molecule has 0 fully saturated rings. The van der Waals surface area contributed by atoms with Gasteiger partial charge in [-0.3, -0.25) is 0 Å². The van der Waals surface area contributed by atoms with E-state index in [1.54, 1.807) is 0 Å². The van der Waals surface area contributed by atoms with Crippen molar-refractivity contribution in [2.45, 2.75) is 0 Å². The summed E-state index contributed by atoms with van der Waals surface area (Å²) in [5, 5.41) is 11.9. The lowest BCUT2D eigenvalue weighted by molar-refractivity contribution is -0.129. The average molecular weight is 185 g/mol. The molecule has 1 aromatic rings. The molecule has 1 heterocycles. The fraction of sp³-hybridized carbons (Fsp3) is 0.167. The highest BCUT2D eigenvalue weighted by Crippen LogP contribution is 2.04. The molecule has 0 amide bonds. The Morgan fingerprint density at radius 1 is 1.85 bits per heavy atom. The second kappa shape index (κ2) is 3.57. The van der Waals surface area contributed by atoms with Crippen LogP contribution >= 0.6 is 0 Å². The molecule has 13 heavy (non-hydrogen) atoms. The van der Waals surface area contributed by atoms with Gasteiger partial charge in [-0.15, -0.1) is 0 Å². The Balaban J connectivity index is 3.02. The van der Waals surface area contributed by atoms with Gasteiger partial charge in [0.25, 0.3) is 6.01 Å². The normalized spacial score (nSPS) is 11.3. The van der Waals surface area contributed by atoms with Crippen molar-refractivity contribution in [2.24, 2.45) is 5.16 Å². The Labute approximate surface area is 72.8 Å². The lowest BCUT2D eigenvalue weighted by Gasteiger charge is -1.93. The topological polar surface area (TPSA) is 111 Å². The maximum absolute atomic E-state index is 10.6. The van der Waals surface area contributed by atoms with E-state index in [-0.39, 0.29) is 17.4 Å². The van der Waals surface area contributed by atoms with Crippen LogP contribution in [0.15, 0.2) is 15.8 Å². The molecule has 0 bridgehead atoms. The Bertz CT molecular complexity index is 343. The molecule has 3 N–H and O–H groups in total. The summed E-state index contributed by atoms with van der Waals surface area (Å²) < 4.78 is 4.61. The SMILES string of the molecule is CO/N=C(\C(=O)O)c1coc(N)n1. The van der Waals surface area contributed by atoms with Gasteiger partial charge in [0, 0.05) is 0 Å². The molecule has 0 unspecified atom stereocenters. The standard InChI is InChI=1S/C6H7N3O4/c1-12-9-4(5(10)11)3-2-13-6(7)8-3/h2H,1H3,(H2,7,8)(H,10,11)/b9-4-. The predicted molar refractivity (Wildman–Crippen MR) is 42.1 cm³/mol. The minimum Gasteiger partial charge on any atom is -0.476 e. The number of carbonyl (C=O) groups is 1. The molecule has 0 aliphatic rings. The molecule has 0 spiro atoms. The van der Waals surface area contributed by atoms with Crippen molar-refractivity contribution in [3.63, 3.8) is 0 Å². The monoisotopic (exact) mass is 185 g/mol. The molecule has 1 rings (SSSR count). The van der Waals surface area contributed by atoms with Gasteiger partial charge in [0.05, 0.1) is 0 Å². The van der Waals surface area contributed by atoms with Crippen LogP contribution in [0.1, 0.15) is 5.69 Å². The Hall–Kier alpha value is -2.05. The number of anilines is 1. The van der Waals surface area contributed by atoms with Gasteiger partial charge in [-0.25, -0.2) is 4.79 Å². The first-order chi connectivity index (χ1) is 6.15. The van der Waals surface area contributed by atoms with Crippen LogP contribution < -0.4 is 5.73 Å². The van der Waals surface area contributed by atoms with E-state index in [4.69, 9.17) is 10.8 Å². The van der Waals surface area contributed by atoms with E-state index in [0.717, 1.165) is 6.26 Å². The van der Waals surface area contributed by atoms with Crippen LogP contribution in [0.5, 0.6) is 0 Å². The van der Waals surface area contributed by atoms with Crippen LogP contribution in [0.25, 0.3) is 0 Å². The summed E-state index contributed by atoms with van der Waals surface area (Å²) in [6.45, 7) is 0. The zero-order valence-corrected chi connectivity index (χ0v) is 6.72. The second-order valence-electron chi connectivity index (χ2n) is 2.00. The summed E-state index contributed by atoms with van der Waals surface area (Å²) in [4.78, 5) is 18.4. The molecule has 1 aromatic heterocycles. The van der Waals surface area contributed by atoms with Gasteiger partial charge in [-0.1, -0.05) is 5.16 Å². The fourth-order valence-electron chi connectivity index (χ4n) is 0.683.